The van der Waals surface area contributed by atoms with Crippen LogP contribution in [0.25, 0.3) is 0 Å². The molecule has 1 heterocycles. The number of hydrogen-bond donors (Lipinski definition) is 1. The number of benzene rings is 2. The molecule has 1 N–H and O–H groups in total. The maximum absolute atomic E-state index is 11.9. The minimum absolute atomic E-state index is 0.146. The Labute approximate surface area is 136 Å². The van der Waals surface area contributed by atoms with Crippen LogP contribution in [0.5, 0.6) is 0 Å². The van der Waals surface area contributed by atoms with Gasteiger partial charge in [-0.3, -0.25) is 4.90 Å². The van der Waals surface area contributed by atoms with E-state index in [0.717, 1.165) is 31.6 Å². The second-order valence-corrected chi connectivity index (χ2v) is 5.83. The monoisotopic (exact) mass is 311 g/mol. The normalized spacial score (nSPS) is 14.3. The highest BCUT2D eigenvalue weighted by atomic mass is 16.5. The Bertz CT molecular complexity index is 697. The fraction of sp³-hybridized carbons (Fsp3) is 0.316. The molecule has 1 aliphatic heterocycles. The first-order valence-electron chi connectivity index (χ1n) is 7.82. The van der Waals surface area contributed by atoms with Gasteiger partial charge >= 0.3 is 5.97 Å². The number of esters is 1. The van der Waals surface area contributed by atoms with Crippen molar-refractivity contribution in [3.8, 4) is 0 Å². The minimum Gasteiger partial charge on any atom is -0.465 e. The second-order valence-electron chi connectivity index (χ2n) is 5.83. The molecule has 23 heavy (non-hydrogen) atoms. The fourth-order valence-corrected chi connectivity index (χ4v) is 3.21. The van der Waals surface area contributed by atoms with E-state index in [1.165, 1.54) is 18.2 Å². The SMILES string of the molecule is COC(=O)c1ccc2c(c1CO)CN(Cc1ccccc1)CC2. The van der Waals surface area contributed by atoms with Crippen molar-refractivity contribution in [1.29, 1.82) is 0 Å². The number of nitrogens with zero attached hydrogens (tertiary/aromatic N) is 1. The van der Waals surface area contributed by atoms with Crippen molar-refractivity contribution < 1.29 is 14.6 Å². The van der Waals surface area contributed by atoms with E-state index in [4.69, 9.17) is 4.74 Å². The quantitative estimate of drug-likeness (QED) is 0.882. The summed E-state index contributed by atoms with van der Waals surface area (Å²) in [5.41, 5.74) is 4.72. The maximum atomic E-state index is 11.9. The Kier molecular flexibility index (Phi) is 4.74. The molecule has 2 aromatic rings. The van der Waals surface area contributed by atoms with Gasteiger partial charge in [-0.1, -0.05) is 36.4 Å². The van der Waals surface area contributed by atoms with Gasteiger partial charge in [0.25, 0.3) is 0 Å². The summed E-state index contributed by atoms with van der Waals surface area (Å²) in [5, 5.41) is 9.77. The van der Waals surface area contributed by atoms with Gasteiger partial charge in [-0.2, -0.15) is 0 Å². The number of fused-ring (bicyclic) bond motifs is 1. The van der Waals surface area contributed by atoms with Crippen LogP contribution < -0.4 is 0 Å². The number of methoxy groups -OCH3 is 1. The predicted octanol–water partition coefficient (Wildman–Crippen LogP) is 2.52. The topological polar surface area (TPSA) is 49.8 Å². The van der Waals surface area contributed by atoms with E-state index in [0.29, 0.717) is 11.1 Å². The summed E-state index contributed by atoms with van der Waals surface area (Å²) in [4.78, 5) is 14.2. The first-order chi connectivity index (χ1) is 11.2. The fourth-order valence-electron chi connectivity index (χ4n) is 3.21. The van der Waals surface area contributed by atoms with E-state index >= 15 is 0 Å². The lowest BCUT2D eigenvalue weighted by Crippen LogP contribution is -2.31. The molecule has 120 valence electrons. The average molecular weight is 311 g/mol. The zero-order chi connectivity index (χ0) is 16.2. The van der Waals surface area contributed by atoms with E-state index in [1.54, 1.807) is 6.07 Å². The third-order valence-electron chi connectivity index (χ3n) is 4.42. The van der Waals surface area contributed by atoms with E-state index in [9.17, 15) is 9.90 Å². The number of aliphatic hydroxyl groups is 1. The van der Waals surface area contributed by atoms with Crippen molar-refractivity contribution in [2.45, 2.75) is 26.1 Å². The summed E-state index contributed by atoms with van der Waals surface area (Å²) in [5.74, 6) is -0.392. The Balaban J connectivity index is 1.87. The Morgan fingerprint density at radius 2 is 2.00 bits per heavy atom. The molecule has 0 bridgehead atoms. The summed E-state index contributed by atoms with van der Waals surface area (Å²) >= 11 is 0. The zero-order valence-corrected chi connectivity index (χ0v) is 13.3. The average Bonchev–Trinajstić information content (AvgIpc) is 2.60. The van der Waals surface area contributed by atoms with Crippen molar-refractivity contribution in [2.75, 3.05) is 13.7 Å². The molecule has 1 aliphatic rings. The van der Waals surface area contributed by atoms with Gasteiger partial charge in [0.05, 0.1) is 19.3 Å². The molecule has 0 saturated carbocycles. The summed E-state index contributed by atoms with van der Waals surface area (Å²) in [7, 11) is 1.37. The van der Waals surface area contributed by atoms with Gasteiger partial charge in [-0.25, -0.2) is 4.79 Å². The highest BCUT2D eigenvalue weighted by molar-refractivity contribution is 5.91. The summed E-state index contributed by atoms with van der Waals surface area (Å²) in [6.07, 6.45) is 0.927. The van der Waals surface area contributed by atoms with Crippen LogP contribution in [0.4, 0.5) is 0 Å². The molecule has 0 saturated heterocycles. The lowest BCUT2D eigenvalue weighted by molar-refractivity contribution is 0.0596. The molecule has 0 fully saturated rings. The van der Waals surface area contributed by atoms with Gasteiger partial charge < -0.3 is 9.84 Å². The van der Waals surface area contributed by atoms with Crippen molar-refractivity contribution in [3.63, 3.8) is 0 Å². The maximum Gasteiger partial charge on any atom is 0.338 e. The van der Waals surface area contributed by atoms with Gasteiger partial charge in [0.1, 0.15) is 0 Å². The molecule has 0 aromatic heterocycles. The zero-order valence-electron chi connectivity index (χ0n) is 13.3. The number of rotatable bonds is 4. The molecular weight excluding hydrogens is 290 g/mol. The van der Waals surface area contributed by atoms with Gasteiger partial charge in [-0.05, 0) is 34.7 Å². The summed E-state index contributed by atoms with van der Waals surface area (Å²) in [6, 6.07) is 14.1. The number of ether oxygens (including phenoxy) is 1. The van der Waals surface area contributed by atoms with Gasteiger partial charge in [0, 0.05) is 19.6 Å². The van der Waals surface area contributed by atoms with Gasteiger partial charge in [0.2, 0.25) is 0 Å². The summed E-state index contributed by atoms with van der Waals surface area (Å²) in [6.45, 7) is 2.44. The number of hydrogen-bond acceptors (Lipinski definition) is 4. The van der Waals surface area contributed by atoms with Gasteiger partial charge in [-0.15, -0.1) is 0 Å². The Hall–Kier alpha value is -2.17. The van der Waals surface area contributed by atoms with E-state index in [-0.39, 0.29) is 6.61 Å². The van der Waals surface area contributed by atoms with Crippen LogP contribution in [0.2, 0.25) is 0 Å². The molecular formula is C19H21NO3. The number of carbonyl (C=O) groups is 1. The smallest absolute Gasteiger partial charge is 0.338 e. The molecule has 4 heteroatoms. The highest BCUT2D eigenvalue weighted by Gasteiger charge is 2.23. The first-order valence-corrected chi connectivity index (χ1v) is 7.82. The van der Waals surface area contributed by atoms with Crippen molar-refractivity contribution in [1.82, 2.24) is 4.90 Å². The van der Waals surface area contributed by atoms with Crippen LogP contribution >= 0.6 is 0 Å². The third-order valence-corrected chi connectivity index (χ3v) is 4.42. The molecule has 0 amide bonds. The predicted molar refractivity (Wildman–Crippen MR) is 88.0 cm³/mol. The molecule has 0 atom stereocenters. The molecule has 0 radical (unpaired) electrons. The molecule has 4 nitrogen and oxygen atoms in total. The minimum atomic E-state index is -0.392. The lowest BCUT2D eigenvalue weighted by Gasteiger charge is -2.30. The molecule has 3 rings (SSSR count). The van der Waals surface area contributed by atoms with Crippen LogP contribution in [0.15, 0.2) is 42.5 Å². The van der Waals surface area contributed by atoms with E-state index in [2.05, 4.69) is 17.0 Å². The van der Waals surface area contributed by atoms with Crippen LogP contribution in [-0.4, -0.2) is 29.6 Å². The van der Waals surface area contributed by atoms with Gasteiger partial charge in [0.15, 0.2) is 0 Å². The summed E-state index contributed by atoms with van der Waals surface area (Å²) < 4.78 is 4.83. The highest BCUT2D eigenvalue weighted by Crippen LogP contribution is 2.27. The van der Waals surface area contributed by atoms with E-state index in [1.807, 2.05) is 24.3 Å². The van der Waals surface area contributed by atoms with Crippen LogP contribution in [-0.2, 0) is 30.9 Å². The molecule has 0 spiro atoms. The second kappa shape index (κ2) is 6.94. The Morgan fingerprint density at radius 1 is 1.22 bits per heavy atom. The largest absolute Gasteiger partial charge is 0.465 e. The third kappa shape index (κ3) is 3.28. The van der Waals surface area contributed by atoms with Crippen molar-refractivity contribution in [2.24, 2.45) is 0 Å². The van der Waals surface area contributed by atoms with Crippen LogP contribution in [0.3, 0.4) is 0 Å². The molecule has 2 aromatic carbocycles. The van der Waals surface area contributed by atoms with Crippen molar-refractivity contribution >= 4 is 5.97 Å². The Morgan fingerprint density at radius 3 is 2.70 bits per heavy atom. The molecule has 0 aliphatic carbocycles. The first kappa shape index (κ1) is 15.7. The standard InChI is InChI=1S/C19H21NO3/c1-23-19(22)16-8-7-15-9-10-20(12-17(15)18(16)13-21)11-14-5-3-2-4-6-14/h2-8,21H,9-13H2,1H3. The molecule has 0 unspecified atom stereocenters. The van der Waals surface area contributed by atoms with Crippen LogP contribution in [0, 0.1) is 0 Å². The number of carbonyl (C=O) groups excluding carboxylic acids is 1. The van der Waals surface area contributed by atoms with Crippen LogP contribution in [0.1, 0.15) is 32.6 Å². The lowest BCUT2D eigenvalue weighted by atomic mass is 9.91. The van der Waals surface area contributed by atoms with Crippen molar-refractivity contribution in [3.05, 3.63) is 70.3 Å². The number of aliphatic hydroxyl groups excluding tert-OH is 1. The van der Waals surface area contributed by atoms with E-state index < -0.39 is 5.97 Å².